The monoisotopic (exact) mass is 335 g/mol. The number of rotatable bonds is 4. The van der Waals surface area contributed by atoms with Gasteiger partial charge in [0.15, 0.2) is 0 Å². The maximum atomic E-state index is 11.5. The Hall–Kier alpha value is -1.33. The van der Waals surface area contributed by atoms with Gasteiger partial charge in [0.05, 0.1) is 13.0 Å². The van der Waals surface area contributed by atoms with E-state index in [4.69, 9.17) is 14.9 Å². The van der Waals surface area contributed by atoms with Crippen LogP contribution in [0.5, 0.6) is 5.75 Å². The molecule has 2 rings (SSSR count). The summed E-state index contributed by atoms with van der Waals surface area (Å²) in [5.41, 5.74) is 7.05. The van der Waals surface area contributed by atoms with Crippen molar-refractivity contribution in [3.05, 3.63) is 29.8 Å². The van der Waals surface area contributed by atoms with E-state index in [1.807, 2.05) is 24.3 Å². The third-order valence-electron chi connectivity index (χ3n) is 5.36. The van der Waals surface area contributed by atoms with Gasteiger partial charge in [-0.25, -0.2) is 0 Å². The van der Waals surface area contributed by atoms with E-state index in [1.54, 1.807) is 0 Å². The molecule has 5 heteroatoms. The van der Waals surface area contributed by atoms with Crippen molar-refractivity contribution in [3.63, 3.8) is 0 Å². The van der Waals surface area contributed by atoms with Crippen molar-refractivity contribution in [1.82, 2.24) is 0 Å². The molecule has 1 aromatic rings. The van der Waals surface area contributed by atoms with E-state index in [2.05, 4.69) is 33.9 Å². The summed E-state index contributed by atoms with van der Waals surface area (Å²) in [5.74, 6) is 0.657. The summed E-state index contributed by atoms with van der Waals surface area (Å²) >= 11 is 0. The van der Waals surface area contributed by atoms with Crippen LogP contribution in [-0.2, 0) is 15.1 Å². The smallest absolute Gasteiger partial charge is 0.308 e. The Kier molecular flexibility index (Phi) is 4.66. The Morgan fingerprint density at radius 3 is 2.17 bits per heavy atom. The van der Waals surface area contributed by atoms with Crippen molar-refractivity contribution in [2.24, 2.45) is 11.7 Å². The van der Waals surface area contributed by atoms with Crippen molar-refractivity contribution in [3.8, 4) is 5.75 Å². The number of hydrogen-bond acceptors (Lipinski definition) is 4. The fourth-order valence-corrected chi connectivity index (χ4v) is 3.72. The molecule has 1 aromatic carbocycles. The molecule has 23 heavy (non-hydrogen) atoms. The number of carbonyl (C=O) groups excluding carboxylic acids is 1. The minimum atomic E-state index is -1.83. The highest BCUT2D eigenvalue weighted by molar-refractivity contribution is 6.74. The molecule has 0 saturated heterocycles. The summed E-state index contributed by atoms with van der Waals surface area (Å²) in [6.07, 6.45) is 1.28. The highest BCUT2D eigenvalue weighted by atomic mass is 28.4. The number of nitrogens with two attached hydrogens (primary N) is 1. The largest absolute Gasteiger partial charge is 0.544 e. The van der Waals surface area contributed by atoms with E-state index < -0.39 is 13.9 Å². The fraction of sp³-hybridized carbons (Fsp3) is 0.611. The first-order chi connectivity index (χ1) is 10.5. The molecule has 1 fully saturated rings. The quantitative estimate of drug-likeness (QED) is 0.671. The maximum absolute atomic E-state index is 11.5. The van der Waals surface area contributed by atoms with Gasteiger partial charge < -0.3 is 14.9 Å². The molecule has 0 unspecified atom stereocenters. The predicted molar refractivity (Wildman–Crippen MR) is 94.9 cm³/mol. The summed E-state index contributed by atoms with van der Waals surface area (Å²) in [7, 11) is -0.404. The zero-order valence-electron chi connectivity index (χ0n) is 15.1. The van der Waals surface area contributed by atoms with Crippen LogP contribution >= 0.6 is 0 Å². The van der Waals surface area contributed by atoms with Gasteiger partial charge in [-0.05, 0) is 48.7 Å². The lowest BCUT2D eigenvalue weighted by atomic mass is 9.65. The first-order valence-electron chi connectivity index (χ1n) is 8.15. The van der Waals surface area contributed by atoms with Crippen LogP contribution in [0.1, 0.15) is 39.2 Å². The fourth-order valence-electron chi connectivity index (χ4n) is 2.69. The van der Waals surface area contributed by atoms with Gasteiger partial charge >= 0.3 is 5.97 Å². The number of esters is 1. The van der Waals surface area contributed by atoms with Crippen LogP contribution in [0.2, 0.25) is 18.1 Å². The summed E-state index contributed by atoms with van der Waals surface area (Å²) in [6, 6.07) is 8.04. The summed E-state index contributed by atoms with van der Waals surface area (Å²) in [6.45, 7) is 11.1. The first kappa shape index (κ1) is 18.0. The van der Waals surface area contributed by atoms with E-state index >= 15 is 0 Å². The normalized spacial score (nSPS) is 24.7. The summed E-state index contributed by atoms with van der Waals surface area (Å²) < 4.78 is 11.1. The Balaban J connectivity index is 2.05. The lowest BCUT2D eigenvalue weighted by molar-refractivity contribution is -0.151. The maximum Gasteiger partial charge on any atom is 0.308 e. The highest BCUT2D eigenvalue weighted by Gasteiger charge is 2.46. The number of hydrogen-bond donors (Lipinski definition) is 1. The van der Waals surface area contributed by atoms with E-state index in [0.717, 1.165) is 11.3 Å². The second-order valence-electron chi connectivity index (χ2n) is 8.17. The number of ether oxygens (including phenoxy) is 1. The molecule has 1 aliphatic carbocycles. The molecule has 0 bridgehead atoms. The van der Waals surface area contributed by atoms with Gasteiger partial charge in [-0.15, -0.1) is 0 Å². The third kappa shape index (κ3) is 3.61. The predicted octanol–water partition coefficient (Wildman–Crippen LogP) is 3.81. The zero-order valence-corrected chi connectivity index (χ0v) is 16.1. The van der Waals surface area contributed by atoms with Gasteiger partial charge in [0.1, 0.15) is 5.75 Å². The van der Waals surface area contributed by atoms with E-state index in [1.165, 1.54) is 7.11 Å². The Labute approximate surface area is 140 Å². The van der Waals surface area contributed by atoms with Gasteiger partial charge in [0.2, 0.25) is 8.32 Å². The van der Waals surface area contributed by atoms with Crippen LogP contribution in [0, 0.1) is 5.92 Å². The van der Waals surface area contributed by atoms with Crippen LogP contribution in [0.4, 0.5) is 0 Å². The zero-order chi connectivity index (χ0) is 17.5. The molecule has 2 N–H and O–H groups in total. The second-order valence-corrected chi connectivity index (χ2v) is 12.9. The Morgan fingerprint density at radius 2 is 1.74 bits per heavy atom. The van der Waals surface area contributed by atoms with Crippen molar-refractivity contribution in [2.45, 2.75) is 57.3 Å². The molecule has 0 aliphatic heterocycles. The first-order valence-corrected chi connectivity index (χ1v) is 11.1. The highest BCUT2D eigenvalue weighted by Crippen LogP contribution is 2.44. The van der Waals surface area contributed by atoms with Crippen molar-refractivity contribution >= 4 is 14.3 Å². The van der Waals surface area contributed by atoms with Crippen LogP contribution < -0.4 is 10.2 Å². The molecule has 0 atom stereocenters. The number of carbonyl (C=O) groups is 1. The van der Waals surface area contributed by atoms with Crippen molar-refractivity contribution in [2.75, 3.05) is 7.11 Å². The second kappa shape index (κ2) is 5.95. The molecule has 1 saturated carbocycles. The standard InChI is InChI=1S/C18H29NO3Si/c1-17(2,3)23(5,6)22-15-9-7-14(8-10-15)18(19)11-13(12-18)16(20)21-4/h7-10,13H,11-12,19H2,1-6H3. The van der Waals surface area contributed by atoms with E-state index in [-0.39, 0.29) is 16.9 Å². The summed E-state index contributed by atoms with van der Waals surface area (Å²) in [4.78, 5) is 11.5. The number of benzene rings is 1. The minimum absolute atomic E-state index is 0.0758. The van der Waals surface area contributed by atoms with Gasteiger partial charge in [-0.3, -0.25) is 4.79 Å². The van der Waals surface area contributed by atoms with Crippen LogP contribution in [0.3, 0.4) is 0 Å². The minimum Gasteiger partial charge on any atom is -0.544 e. The average Bonchev–Trinajstić information content (AvgIpc) is 2.42. The molecule has 0 spiro atoms. The average molecular weight is 336 g/mol. The Morgan fingerprint density at radius 1 is 1.22 bits per heavy atom. The summed E-state index contributed by atoms with van der Waals surface area (Å²) in [5, 5.41) is 0.169. The number of methoxy groups -OCH3 is 1. The van der Waals surface area contributed by atoms with Crippen LogP contribution in [-0.4, -0.2) is 21.4 Å². The van der Waals surface area contributed by atoms with Crippen LogP contribution in [0.15, 0.2) is 24.3 Å². The molecule has 4 nitrogen and oxygen atoms in total. The van der Waals surface area contributed by atoms with Gasteiger partial charge in [0.25, 0.3) is 0 Å². The van der Waals surface area contributed by atoms with Gasteiger partial charge in [-0.1, -0.05) is 32.9 Å². The third-order valence-corrected chi connectivity index (χ3v) is 9.72. The van der Waals surface area contributed by atoms with E-state index in [0.29, 0.717) is 12.8 Å². The topological polar surface area (TPSA) is 61.5 Å². The molecule has 0 heterocycles. The molecule has 128 valence electrons. The van der Waals surface area contributed by atoms with Crippen molar-refractivity contribution in [1.29, 1.82) is 0 Å². The molecule has 1 aliphatic rings. The van der Waals surface area contributed by atoms with Crippen LogP contribution in [0.25, 0.3) is 0 Å². The van der Waals surface area contributed by atoms with Gasteiger partial charge in [0, 0.05) is 5.54 Å². The molecule has 0 aromatic heterocycles. The lowest BCUT2D eigenvalue weighted by Crippen LogP contribution is -2.51. The molecule has 0 amide bonds. The SMILES string of the molecule is COC(=O)C1CC(N)(c2ccc(O[Si](C)(C)C(C)(C)C)cc2)C1. The Bertz CT molecular complexity index is 569. The molecule has 0 radical (unpaired) electrons. The lowest BCUT2D eigenvalue weighted by Gasteiger charge is -2.44. The van der Waals surface area contributed by atoms with E-state index in [9.17, 15) is 4.79 Å². The van der Waals surface area contributed by atoms with Crippen molar-refractivity contribution < 1.29 is 14.0 Å². The molecular formula is C18H29NO3Si. The van der Waals surface area contributed by atoms with Gasteiger partial charge in [-0.2, -0.15) is 0 Å². The molecular weight excluding hydrogens is 306 g/mol.